The van der Waals surface area contributed by atoms with E-state index in [1.54, 1.807) is 11.4 Å². The highest BCUT2D eigenvalue weighted by Gasteiger charge is 2.40. The van der Waals surface area contributed by atoms with Crippen LogP contribution in [0.15, 0.2) is 36.3 Å². The van der Waals surface area contributed by atoms with Crippen LogP contribution in [0.5, 0.6) is 5.75 Å². The van der Waals surface area contributed by atoms with Gasteiger partial charge in [0.05, 0.1) is 23.9 Å². The van der Waals surface area contributed by atoms with Crippen molar-refractivity contribution in [1.82, 2.24) is 15.1 Å². The number of fused-ring (bicyclic) bond motifs is 1. The van der Waals surface area contributed by atoms with Crippen molar-refractivity contribution in [2.45, 2.75) is 38.5 Å². The molecule has 0 aromatic heterocycles. The summed E-state index contributed by atoms with van der Waals surface area (Å²) in [7, 11) is 0. The maximum atomic E-state index is 15.0. The maximum Gasteiger partial charge on any atom is 0.255 e. The highest BCUT2D eigenvalue weighted by Crippen LogP contribution is 2.34. The van der Waals surface area contributed by atoms with Gasteiger partial charge in [-0.15, -0.1) is 0 Å². The molecule has 2 fully saturated rings. The smallest absolute Gasteiger partial charge is 0.255 e. The van der Waals surface area contributed by atoms with Crippen molar-refractivity contribution in [1.29, 1.82) is 0 Å². The van der Waals surface area contributed by atoms with Gasteiger partial charge in [0.1, 0.15) is 24.2 Å². The van der Waals surface area contributed by atoms with Crippen LogP contribution in [0.3, 0.4) is 0 Å². The zero-order valence-electron chi connectivity index (χ0n) is 25.1. The molecule has 2 aromatic carbocycles. The van der Waals surface area contributed by atoms with Crippen molar-refractivity contribution in [3.05, 3.63) is 64.4 Å². The molecular formula is C25H26FN3O5. The van der Waals surface area contributed by atoms with Crippen LogP contribution in [0.2, 0.25) is 0 Å². The molecule has 3 aliphatic rings. The fourth-order valence-electron chi connectivity index (χ4n) is 4.07. The predicted octanol–water partition coefficient (Wildman–Crippen LogP) is 2.00. The SMILES string of the molecule is [2H]c1c([2H])c(OCc2ccc(CN3CCOCC3)cc2F)c2c(c1[2H])C(=O)N([C@H]1C(=O)NC(=O)C([2H])([2H])C1([2H])[2H])C2. The molecule has 2 aromatic rings. The van der Waals surface area contributed by atoms with Crippen LogP contribution < -0.4 is 10.1 Å². The number of nitrogens with zero attached hydrogens (tertiary/aromatic N) is 2. The summed E-state index contributed by atoms with van der Waals surface area (Å²) in [5.41, 5.74) is 0.359. The van der Waals surface area contributed by atoms with Gasteiger partial charge in [-0.25, -0.2) is 4.39 Å². The van der Waals surface area contributed by atoms with E-state index in [1.165, 1.54) is 12.1 Å². The average Bonchev–Trinajstić information content (AvgIpc) is 3.24. The van der Waals surface area contributed by atoms with Crippen molar-refractivity contribution in [2.75, 3.05) is 26.3 Å². The highest BCUT2D eigenvalue weighted by atomic mass is 19.1. The summed E-state index contributed by atoms with van der Waals surface area (Å²) >= 11 is 0. The lowest BCUT2D eigenvalue weighted by Gasteiger charge is -2.29. The largest absolute Gasteiger partial charge is 0.488 e. The van der Waals surface area contributed by atoms with Crippen LogP contribution in [0.4, 0.5) is 4.39 Å². The first-order valence-corrected chi connectivity index (χ1v) is 10.7. The zero-order valence-corrected chi connectivity index (χ0v) is 18.1. The van der Waals surface area contributed by atoms with Gasteiger partial charge in [0, 0.05) is 48.2 Å². The minimum atomic E-state index is -3.17. The fraction of sp³-hybridized carbons (Fsp3) is 0.400. The van der Waals surface area contributed by atoms with E-state index >= 15 is 0 Å². The molecule has 8 nitrogen and oxygen atoms in total. The molecule has 0 aliphatic carbocycles. The van der Waals surface area contributed by atoms with E-state index in [-0.39, 0.29) is 16.9 Å². The first-order chi connectivity index (χ1) is 19.3. The standard InChI is InChI=1S/C25H26FN3O5/c26-20-12-16(13-28-8-10-33-11-9-28)4-5-17(20)15-34-22-3-1-2-18-19(22)14-29(25(18)32)21-6-7-23(30)27-24(21)31/h1-5,12,21H,6-11,13-15H2,(H,27,30,31)/t21-/m1/s1/i1D,2D,3D,6D2,7D2. The van der Waals surface area contributed by atoms with E-state index in [9.17, 15) is 18.8 Å². The molecule has 3 amide bonds. The number of hydrogen-bond acceptors (Lipinski definition) is 6. The molecule has 0 radical (unpaired) electrons. The van der Waals surface area contributed by atoms with Gasteiger partial charge in [0.25, 0.3) is 5.91 Å². The second-order valence-corrected chi connectivity index (χ2v) is 8.08. The third kappa shape index (κ3) is 4.53. The number of halogens is 1. The van der Waals surface area contributed by atoms with Gasteiger partial charge in [-0.05, 0) is 30.1 Å². The number of morpholine rings is 1. The number of piperidine rings is 1. The molecule has 1 N–H and O–H groups in total. The molecular weight excluding hydrogens is 441 g/mol. The van der Waals surface area contributed by atoms with E-state index in [2.05, 4.69) is 4.90 Å². The number of carbonyl (C=O) groups excluding carboxylic acids is 3. The summed E-state index contributed by atoms with van der Waals surface area (Å²) in [5.74, 6) is -4.68. The summed E-state index contributed by atoms with van der Waals surface area (Å²) in [4.78, 5) is 40.8. The third-order valence-corrected chi connectivity index (χ3v) is 5.86. The zero-order chi connectivity index (χ0) is 29.9. The van der Waals surface area contributed by atoms with E-state index in [0.717, 1.165) is 18.7 Å². The van der Waals surface area contributed by atoms with E-state index in [1.807, 2.05) is 0 Å². The first kappa shape index (κ1) is 15.6. The van der Waals surface area contributed by atoms with Crippen molar-refractivity contribution in [2.24, 2.45) is 0 Å². The molecule has 0 unspecified atom stereocenters. The normalized spacial score (nSPS) is 26.9. The van der Waals surface area contributed by atoms with Crippen molar-refractivity contribution < 1.29 is 37.8 Å². The van der Waals surface area contributed by atoms with Crippen molar-refractivity contribution >= 4 is 17.7 Å². The van der Waals surface area contributed by atoms with Gasteiger partial charge in [-0.2, -0.15) is 0 Å². The molecule has 5 rings (SSSR count). The van der Waals surface area contributed by atoms with Crippen LogP contribution in [-0.4, -0.2) is 59.9 Å². The second kappa shape index (κ2) is 9.52. The molecule has 0 spiro atoms. The summed E-state index contributed by atoms with van der Waals surface area (Å²) < 4.78 is 83.1. The Morgan fingerprint density at radius 2 is 2.06 bits per heavy atom. The Kier molecular flexibility index (Phi) is 4.36. The van der Waals surface area contributed by atoms with Gasteiger partial charge >= 0.3 is 0 Å². The lowest BCUT2D eigenvalue weighted by Crippen LogP contribution is -2.52. The van der Waals surface area contributed by atoms with Crippen molar-refractivity contribution in [3.8, 4) is 5.75 Å². The monoisotopic (exact) mass is 474 g/mol. The molecule has 0 saturated carbocycles. The number of imide groups is 1. The molecule has 178 valence electrons. The Hall–Kier alpha value is -3.30. The lowest BCUT2D eigenvalue weighted by atomic mass is 10.0. The number of benzene rings is 2. The molecule has 0 bridgehead atoms. The van der Waals surface area contributed by atoms with E-state index in [4.69, 9.17) is 19.1 Å². The van der Waals surface area contributed by atoms with Gasteiger partial charge in [-0.1, -0.05) is 18.2 Å². The molecule has 1 atom stereocenters. The Bertz CT molecular complexity index is 1450. The molecule has 34 heavy (non-hydrogen) atoms. The number of nitrogens with one attached hydrogen (secondary N) is 1. The number of ether oxygens (including phenoxy) is 2. The van der Waals surface area contributed by atoms with Crippen molar-refractivity contribution in [3.63, 3.8) is 0 Å². The Morgan fingerprint density at radius 3 is 2.85 bits per heavy atom. The minimum absolute atomic E-state index is 0.0913. The van der Waals surface area contributed by atoms with Crippen LogP contribution in [0.25, 0.3) is 0 Å². The predicted molar refractivity (Wildman–Crippen MR) is 119 cm³/mol. The number of rotatable bonds is 6. The van der Waals surface area contributed by atoms with Gasteiger partial charge in [-0.3, -0.25) is 24.6 Å². The number of hydrogen-bond donors (Lipinski definition) is 1. The fourth-order valence-corrected chi connectivity index (χ4v) is 4.07. The Labute approximate surface area is 206 Å². The quantitative estimate of drug-likeness (QED) is 0.645. The lowest BCUT2D eigenvalue weighted by molar-refractivity contribution is -0.136. The first-order valence-electron chi connectivity index (χ1n) is 14.2. The molecule has 3 heterocycles. The summed E-state index contributed by atoms with van der Waals surface area (Å²) in [5, 5.41) is 1.74. The average molecular weight is 475 g/mol. The topological polar surface area (TPSA) is 88.2 Å². The third-order valence-electron chi connectivity index (χ3n) is 5.86. The molecule has 3 aliphatic heterocycles. The maximum absolute atomic E-state index is 15.0. The Balaban J connectivity index is 1.42. The summed E-state index contributed by atoms with van der Waals surface area (Å²) in [6.07, 6.45) is -6.32. The second-order valence-electron chi connectivity index (χ2n) is 8.08. The molecule has 2 saturated heterocycles. The highest BCUT2D eigenvalue weighted by molar-refractivity contribution is 6.05. The summed E-state index contributed by atoms with van der Waals surface area (Å²) in [6, 6.07) is 0.643. The van der Waals surface area contributed by atoms with Gasteiger partial charge < -0.3 is 14.4 Å². The number of carbonyl (C=O) groups is 3. The van der Waals surface area contributed by atoms with E-state index in [0.29, 0.717) is 24.7 Å². The van der Waals surface area contributed by atoms with Crippen LogP contribution in [0.1, 0.15) is 49.4 Å². The van der Waals surface area contributed by atoms with E-state index < -0.39 is 79.2 Å². The van der Waals surface area contributed by atoms with Crippen LogP contribution in [-0.2, 0) is 34.0 Å². The minimum Gasteiger partial charge on any atom is -0.488 e. The summed E-state index contributed by atoms with van der Waals surface area (Å²) in [6.45, 7) is 2.23. The van der Waals surface area contributed by atoms with Crippen LogP contribution >= 0.6 is 0 Å². The van der Waals surface area contributed by atoms with Gasteiger partial charge in [0.2, 0.25) is 11.8 Å². The van der Waals surface area contributed by atoms with Gasteiger partial charge in [0.15, 0.2) is 0 Å². The molecule has 9 heteroatoms. The van der Waals surface area contributed by atoms with Crippen LogP contribution in [0, 0.1) is 5.82 Å². The number of amides is 3. The Morgan fingerprint density at radius 1 is 1.24 bits per heavy atom.